The number of likely N-dealkylation sites (N-methyl/N-ethyl adjacent to an activating group) is 1. The van der Waals surface area contributed by atoms with Gasteiger partial charge >= 0.3 is 0 Å². The molecule has 1 fully saturated rings. The maximum absolute atomic E-state index is 4.53. The largest absolute Gasteiger partial charge is 0.309 e. The Bertz CT molecular complexity index is 452. The highest BCUT2D eigenvalue weighted by Gasteiger charge is 2.36. The summed E-state index contributed by atoms with van der Waals surface area (Å²) in [5, 5.41) is 8.22. The van der Waals surface area contributed by atoms with Gasteiger partial charge in [0.15, 0.2) is 0 Å². The molecule has 0 radical (unpaired) electrons. The lowest BCUT2D eigenvalue weighted by molar-refractivity contribution is 0.0748. The Balaban J connectivity index is 1.94. The first-order chi connectivity index (χ1) is 9.97. The zero-order chi connectivity index (χ0) is 15.5. The zero-order valence-electron chi connectivity index (χ0n) is 14.4. The molecule has 1 heterocycles. The Morgan fingerprint density at radius 1 is 1.48 bits per heavy atom. The molecule has 0 bridgehead atoms. The topological polar surface area (TPSA) is 33.1 Å². The van der Waals surface area contributed by atoms with Crippen molar-refractivity contribution >= 4 is 0 Å². The molecule has 0 aliphatic heterocycles. The Labute approximate surface area is 129 Å². The molecule has 0 aromatic carbocycles. The van der Waals surface area contributed by atoms with Gasteiger partial charge in [-0.05, 0) is 45.3 Å². The lowest BCUT2D eigenvalue weighted by atomic mass is 9.75. The molecule has 1 aliphatic carbocycles. The summed E-state index contributed by atoms with van der Waals surface area (Å²) in [6.45, 7) is 6.53. The Morgan fingerprint density at radius 3 is 2.81 bits per heavy atom. The average Bonchev–Trinajstić information content (AvgIpc) is 2.79. The van der Waals surface area contributed by atoms with E-state index in [1.807, 2.05) is 11.7 Å². The van der Waals surface area contributed by atoms with Gasteiger partial charge in [0.25, 0.3) is 0 Å². The van der Waals surface area contributed by atoms with E-state index in [-0.39, 0.29) is 0 Å². The van der Waals surface area contributed by atoms with Gasteiger partial charge in [0.1, 0.15) is 0 Å². The van der Waals surface area contributed by atoms with Crippen molar-refractivity contribution in [2.24, 2.45) is 13.0 Å². The van der Waals surface area contributed by atoms with Crippen molar-refractivity contribution < 1.29 is 0 Å². The number of aromatic nitrogens is 2. The summed E-state index contributed by atoms with van der Waals surface area (Å²) >= 11 is 0. The van der Waals surface area contributed by atoms with E-state index in [1.54, 1.807) is 0 Å². The predicted octanol–water partition coefficient (Wildman–Crippen LogP) is 2.58. The van der Waals surface area contributed by atoms with Crippen LogP contribution in [0.25, 0.3) is 0 Å². The first-order valence-electron chi connectivity index (χ1n) is 8.37. The van der Waals surface area contributed by atoms with E-state index in [0.717, 1.165) is 25.4 Å². The molecule has 1 saturated carbocycles. The predicted molar refractivity (Wildman–Crippen MR) is 88.3 cm³/mol. The van der Waals surface area contributed by atoms with Crippen LogP contribution >= 0.6 is 0 Å². The van der Waals surface area contributed by atoms with Crippen molar-refractivity contribution in [2.75, 3.05) is 20.6 Å². The van der Waals surface area contributed by atoms with Gasteiger partial charge in [0.2, 0.25) is 0 Å². The van der Waals surface area contributed by atoms with Gasteiger partial charge in [0.05, 0.1) is 11.4 Å². The van der Waals surface area contributed by atoms with Crippen molar-refractivity contribution in [2.45, 2.75) is 58.0 Å². The fourth-order valence-corrected chi connectivity index (χ4v) is 3.69. The van der Waals surface area contributed by atoms with E-state index in [9.17, 15) is 0 Å². The number of rotatable bonds is 6. The van der Waals surface area contributed by atoms with Crippen molar-refractivity contribution in [3.05, 3.63) is 17.5 Å². The van der Waals surface area contributed by atoms with E-state index >= 15 is 0 Å². The van der Waals surface area contributed by atoms with Gasteiger partial charge in [0, 0.05) is 25.7 Å². The maximum Gasteiger partial charge on any atom is 0.0625 e. The highest BCUT2D eigenvalue weighted by atomic mass is 15.3. The fourth-order valence-electron chi connectivity index (χ4n) is 3.69. The minimum Gasteiger partial charge on any atom is -0.309 e. The summed E-state index contributed by atoms with van der Waals surface area (Å²) in [5.74, 6) is 0.839. The quantitative estimate of drug-likeness (QED) is 0.875. The lowest BCUT2D eigenvalue weighted by Gasteiger charge is -2.45. The summed E-state index contributed by atoms with van der Waals surface area (Å²) in [6.07, 6.45) is 6.36. The van der Waals surface area contributed by atoms with Crippen LogP contribution in [0.15, 0.2) is 6.07 Å². The number of aryl methyl sites for hydroxylation is 2. The van der Waals surface area contributed by atoms with Gasteiger partial charge in [-0.2, -0.15) is 5.10 Å². The normalized spacial score (nSPS) is 26.5. The number of hydrogen-bond donors (Lipinski definition) is 1. The van der Waals surface area contributed by atoms with Crippen LogP contribution in [0.3, 0.4) is 0 Å². The van der Waals surface area contributed by atoms with Crippen molar-refractivity contribution in [1.29, 1.82) is 0 Å². The standard InChI is InChI=1S/C17H32N4/c1-6-15-10-16(21(5)19-15)12-18-13-17(20(3)4)9-7-8-14(2)11-17/h10,14,18H,6-9,11-13H2,1-5H3. The van der Waals surface area contributed by atoms with E-state index < -0.39 is 0 Å². The third-order valence-electron chi connectivity index (χ3n) is 5.17. The Morgan fingerprint density at radius 2 is 2.24 bits per heavy atom. The molecule has 4 heteroatoms. The van der Waals surface area contributed by atoms with E-state index in [1.165, 1.54) is 37.1 Å². The van der Waals surface area contributed by atoms with Crippen LogP contribution in [0.5, 0.6) is 0 Å². The lowest BCUT2D eigenvalue weighted by Crippen LogP contribution is -2.54. The zero-order valence-corrected chi connectivity index (χ0v) is 14.4. The number of nitrogens with zero attached hydrogens (tertiary/aromatic N) is 3. The van der Waals surface area contributed by atoms with E-state index in [0.29, 0.717) is 5.54 Å². The molecule has 2 unspecified atom stereocenters. The van der Waals surface area contributed by atoms with Gasteiger partial charge < -0.3 is 10.2 Å². The Kier molecular flexibility index (Phi) is 5.44. The molecule has 4 nitrogen and oxygen atoms in total. The van der Waals surface area contributed by atoms with Crippen molar-refractivity contribution in [3.63, 3.8) is 0 Å². The van der Waals surface area contributed by atoms with Gasteiger partial charge in [-0.15, -0.1) is 0 Å². The van der Waals surface area contributed by atoms with Gasteiger partial charge in [-0.3, -0.25) is 4.68 Å². The monoisotopic (exact) mass is 292 g/mol. The molecule has 1 aromatic rings. The first-order valence-corrected chi connectivity index (χ1v) is 8.37. The summed E-state index contributed by atoms with van der Waals surface area (Å²) in [5.41, 5.74) is 2.79. The van der Waals surface area contributed by atoms with Crippen LogP contribution in [0.2, 0.25) is 0 Å². The van der Waals surface area contributed by atoms with Gasteiger partial charge in [-0.1, -0.05) is 26.7 Å². The molecule has 0 saturated heterocycles. The molecular formula is C17H32N4. The third-order valence-corrected chi connectivity index (χ3v) is 5.17. The number of hydrogen-bond acceptors (Lipinski definition) is 3. The minimum absolute atomic E-state index is 0.323. The molecule has 21 heavy (non-hydrogen) atoms. The molecule has 2 rings (SSSR count). The van der Waals surface area contributed by atoms with Crippen molar-refractivity contribution in [1.82, 2.24) is 20.0 Å². The van der Waals surface area contributed by atoms with Crippen LogP contribution < -0.4 is 5.32 Å². The smallest absolute Gasteiger partial charge is 0.0625 e. The molecule has 2 atom stereocenters. The summed E-state index contributed by atoms with van der Waals surface area (Å²) < 4.78 is 2.01. The summed E-state index contributed by atoms with van der Waals surface area (Å²) in [6, 6.07) is 2.22. The molecule has 1 aromatic heterocycles. The highest BCUT2D eigenvalue weighted by molar-refractivity contribution is 5.10. The van der Waals surface area contributed by atoms with Crippen LogP contribution in [0, 0.1) is 5.92 Å². The van der Waals surface area contributed by atoms with E-state index in [2.05, 4.69) is 49.3 Å². The summed E-state index contributed by atoms with van der Waals surface area (Å²) in [7, 11) is 6.51. The van der Waals surface area contributed by atoms with Gasteiger partial charge in [-0.25, -0.2) is 0 Å². The molecule has 120 valence electrons. The summed E-state index contributed by atoms with van der Waals surface area (Å²) in [4.78, 5) is 2.44. The van der Waals surface area contributed by atoms with Crippen LogP contribution in [0.4, 0.5) is 0 Å². The van der Waals surface area contributed by atoms with Crippen molar-refractivity contribution in [3.8, 4) is 0 Å². The second-order valence-electron chi connectivity index (χ2n) is 7.03. The average molecular weight is 292 g/mol. The van der Waals surface area contributed by atoms with Crippen LogP contribution in [-0.2, 0) is 20.0 Å². The fraction of sp³-hybridized carbons (Fsp3) is 0.824. The SMILES string of the molecule is CCc1cc(CNCC2(N(C)C)CCCC(C)C2)n(C)n1. The molecule has 1 N–H and O–H groups in total. The first kappa shape index (κ1) is 16.5. The number of nitrogens with one attached hydrogen (secondary N) is 1. The van der Waals surface area contributed by atoms with Crippen LogP contribution in [0.1, 0.15) is 50.9 Å². The molecular weight excluding hydrogens is 260 g/mol. The van der Waals surface area contributed by atoms with E-state index in [4.69, 9.17) is 0 Å². The Hall–Kier alpha value is -0.870. The third kappa shape index (κ3) is 3.86. The second kappa shape index (κ2) is 6.93. The van der Waals surface area contributed by atoms with Crippen LogP contribution in [-0.4, -0.2) is 40.9 Å². The second-order valence-corrected chi connectivity index (χ2v) is 7.03. The molecule has 0 amide bonds. The highest BCUT2D eigenvalue weighted by Crippen LogP contribution is 2.35. The minimum atomic E-state index is 0.323. The maximum atomic E-state index is 4.53. The molecule has 0 spiro atoms. The molecule has 1 aliphatic rings.